The quantitative estimate of drug-likeness (QED) is 0.807. The van der Waals surface area contributed by atoms with Crippen LogP contribution in [0.2, 0.25) is 0 Å². The number of cyclic esters (lactones) is 1. The maximum absolute atomic E-state index is 13.7. The van der Waals surface area contributed by atoms with E-state index in [9.17, 15) is 18.0 Å². The van der Waals surface area contributed by atoms with E-state index in [1.54, 1.807) is 13.8 Å². The fourth-order valence-electron chi connectivity index (χ4n) is 1.97. The molecule has 1 aromatic carbocycles. The third-order valence-electron chi connectivity index (χ3n) is 2.95. The van der Waals surface area contributed by atoms with E-state index in [2.05, 4.69) is 5.32 Å². The van der Waals surface area contributed by atoms with Gasteiger partial charge in [0.15, 0.2) is 11.6 Å². The van der Waals surface area contributed by atoms with Gasteiger partial charge in [0, 0.05) is 17.0 Å². The van der Waals surface area contributed by atoms with Crippen LogP contribution in [0, 0.1) is 22.9 Å². The minimum absolute atomic E-state index is 0. The van der Waals surface area contributed by atoms with E-state index >= 15 is 0 Å². The second kappa shape index (κ2) is 5.28. The summed E-state index contributed by atoms with van der Waals surface area (Å²) in [4.78, 5) is 11.2. The number of halogens is 4. The summed E-state index contributed by atoms with van der Waals surface area (Å²) in [5.74, 6) is -3.32. The Morgan fingerprint density at radius 3 is 2.58 bits per heavy atom. The predicted molar refractivity (Wildman–Crippen MR) is 64.6 cm³/mol. The van der Waals surface area contributed by atoms with Crippen molar-refractivity contribution in [3.8, 4) is 0 Å². The number of hydrogen-bond donors (Lipinski definition) is 1. The zero-order valence-corrected chi connectivity index (χ0v) is 11.1. The molecule has 0 saturated carbocycles. The average molecular weight is 296 g/mol. The summed E-state index contributed by atoms with van der Waals surface area (Å²) in [5, 5.41) is 2.38. The third kappa shape index (κ3) is 2.94. The van der Waals surface area contributed by atoms with Crippen LogP contribution < -0.4 is 5.32 Å². The number of ether oxygens (including phenoxy) is 1. The van der Waals surface area contributed by atoms with Crippen molar-refractivity contribution >= 4 is 18.5 Å². The SMILES string of the molecule is CC1(C)COC(=O)N[C@H]1c1cc(F)cc(F)c1F.Cl. The standard InChI is InChI=1S/C12H12F3NO2.ClH/c1-12(2)5-18-11(17)16-10(12)7-3-6(13)4-8(14)9(7)15;/h3-4,10H,5H2,1-2H3,(H,16,17);1H/t10-;/m0./s1. The van der Waals surface area contributed by atoms with Crippen molar-refractivity contribution in [2.45, 2.75) is 19.9 Å². The van der Waals surface area contributed by atoms with E-state index in [0.29, 0.717) is 6.07 Å². The van der Waals surface area contributed by atoms with Gasteiger partial charge in [0.05, 0.1) is 6.04 Å². The fraction of sp³-hybridized carbons (Fsp3) is 0.417. The highest BCUT2D eigenvalue weighted by molar-refractivity contribution is 5.85. The van der Waals surface area contributed by atoms with E-state index in [1.807, 2.05) is 0 Å². The summed E-state index contributed by atoms with van der Waals surface area (Å²) >= 11 is 0. The molecule has 1 fully saturated rings. The van der Waals surface area contributed by atoms with Crippen LogP contribution in [0.25, 0.3) is 0 Å². The lowest BCUT2D eigenvalue weighted by molar-refractivity contribution is 0.0375. The summed E-state index contributed by atoms with van der Waals surface area (Å²) in [6.07, 6.45) is -0.733. The summed E-state index contributed by atoms with van der Waals surface area (Å²) in [5.41, 5.74) is -0.885. The van der Waals surface area contributed by atoms with E-state index in [0.717, 1.165) is 6.07 Å². The van der Waals surface area contributed by atoms with Gasteiger partial charge >= 0.3 is 6.09 Å². The first-order chi connectivity index (χ1) is 8.31. The van der Waals surface area contributed by atoms with Crippen molar-refractivity contribution in [2.24, 2.45) is 5.41 Å². The first-order valence-corrected chi connectivity index (χ1v) is 5.39. The molecule has 0 aromatic heterocycles. The molecule has 0 spiro atoms. The smallest absolute Gasteiger partial charge is 0.407 e. The molecule has 3 nitrogen and oxygen atoms in total. The first kappa shape index (κ1) is 15.6. The highest BCUT2D eigenvalue weighted by Crippen LogP contribution is 2.38. The third-order valence-corrected chi connectivity index (χ3v) is 2.95. The molecule has 0 unspecified atom stereocenters. The highest BCUT2D eigenvalue weighted by atomic mass is 35.5. The minimum Gasteiger partial charge on any atom is -0.449 e. The van der Waals surface area contributed by atoms with Crippen LogP contribution in [0.1, 0.15) is 25.5 Å². The van der Waals surface area contributed by atoms with Crippen molar-refractivity contribution in [1.82, 2.24) is 5.32 Å². The van der Waals surface area contributed by atoms with Crippen LogP contribution in [0.4, 0.5) is 18.0 Å². The monoisotopic (exact) mass is 295 g/mol. The molecule has 2 rings (SSSR count). The normalized spacial score (nSPS) is 21.1. The molecule has 0 bridgehead atoms. The maximum Gasteiger partial charge on any atom is 0.407 e. The second-order valence-electron chi connectivity index (χ2n) is 4.93. The molecule has 106 valence electrons. The van der Waals surface area contributed by atoms with Crippen LogP contribution in [-0.2, 0) is 4.74 Å². The summed E-state index contributed by atoms with van der Waals surface area (Å²) in [6.45, 7) is 3.46. The fourth-order valence-corrected chi connectivity index (χ4v) is 1.97. The zero-order valence-electron chi connectivity index (χ0n) is 10.3. The number of carbonyl (C=O) groups is 1. The summed E-state index contributed by atoms with van der Waals surface area (Å²) in [6, 6.07) is 0.507. The molecule has 1 aliphatic heterocycles. The molecule has 1 N–H and O–H groups in total. The van der Waals surface area contributed by atoms with Crippen LogP contribution in [0.3, 0.4) is 0 Å². The maximum atomic E-state index is 13.7. The highest BCUT2D eigenvalue weighted by Gasteiger charge is 2.40. The van der Waals surface area contributed by atoms with Crippen molar-refractivity contribution in [2.75, 3.05) is 6.61 Å². The van der Waals surface area contributed by atoms with Gasteiger partial charge in [-0.05, 0) is 6.07 Å². The van der Waals surface area contributed by atoms with Gasteiger partial charge in [-0.25, -0.2) is 18.0 Å². The molecular formula is C12H13ClF3NO2. The van der Waals surface area contributed by atoms with Crippen molar-refractivity contribution < 1.29 is 22.7 Å². The molecule has 1 heterocycles. The van der Waals surface area contributed by atoms with E-state index in [4.69, 9.17) is 4.74 Å². The van der Waals surface area contributed by atoms with E-state index in [1.165, 1.54) is 0 Å². The van der Waals surface area contributed by atoms with Gasteiger partial charge in [0.1, 0.15) is 12.4 Å². The van der Waals surface area contributed by atoms with E-state index in [-0.39, 0.29) is 24.6 Å². The van der Waals surface area contributed by atoms with Crippen molar-refractivity contribution in [1.29, 1.82) is 0 Å². The minimum atomic E-state index is -1.28. The lowest BCUT2D eigenvalue weighted by atomic mass is 9.80. The van der Waals surface area contributed by atoms with E-state index < -0.39 is 35.0 Å². The summed E-state index contributed by atoms with van der Waals surface area (Å²) < 4.78 is 44.8. The Balaban J connectivity index is 0.00000180. The number of benzene rings is 1. The molecule has 1 aromatic rings. The van der Waals surface area contributed by atoms with Crippen molar-refractivity contribution in [3.05, 3.63) is 35.1 Å². The number of rotatable bonds is 1. The predicted octanol–water partition coefficient (Wildman–Crippen LogP) is 3.33. The lowest BCUT2D eigenvalue weighted by Crippen LogP contribution is -2.47. The van der Waals surface area contributed by atoms with Gasteiger partial charge in [-0.2, -0.15) is 0 Å². The van der Waals surface area contributed by atoms with Crippen LogP contribution in [-0.4, -0.2) is 12.7 Å². The zero-order chi connectivity index (χ0) is 13.5. The molecule has 1 atom stereocenters. The molecule has 1 aliphatic rings. The Labute approximate surface area is 114 Å². The topological polar surface area (TPSA) is 38.3 Å². The Morgan fingerprint density at radius 1 is 1.32 bits per heavy atom. The van der Waals surface area contributed by atoms with Gasteiger partial charge < -0.3 is 10.1 Å². The Morgan fingerprint density at radius 2 is 1.95 bits per heavy atom. The Hall–Kier alpha value is -1.43. The summed E-state index contributed by atoms with van der Waals surface area (Å²) in [7, 11) is 0. The molecular weight excluding hydrogens is 283 g/mol. The van der Waals surface area contributed by atoms with Gasteiger partial charge in [-0.15, -0.1) is 12.4 Å². The molecule has 0 aliphatic carbocycles. The lowest BCUT2D eigenvalue weighted by Gasteiger charge is -2.38. The number of alkyl carbamates (subject to hydrolysis) is 1. The number of carbonyl (C=O) groups excluding carboxylic acids is 1. The molecule has 19 heavy (non-hydrogen) atoms. The second-order valence-corrected chi connectivity index (χ2v) is 4.93. The van der Waals surface area contributed by atoms with Crippen LogP contribution in [0.5, 0.6) is 0 Å². The van der Waals surface area contributed by atoms with Gasteiger partial charge in [-0.3, -0.25) is 0 Å². The number of hydrogen-bond acceptors (Lipinski definition) is 2. The molecule has 7 heteroatoms. The first-order valence-electron chi connectivity index (χ1n) is 5.39. The average Bonchev–Trinajstić information content (AvgIpc) is 2.27. The van der Waals surface area contributed by atoms with Crippen LogP contribution >= 0.6 is 12.4 Å². The Bertz CT molecular complexity index is 508. The molecule has 1 saturated heterocycles. The van der Waals surface area contributed by atoms with Crippen molar-refractivity contribution in [3.63, 3.8) is 0 Å². The van der Waals surface area contributed by atoms with Gasteiger partial charge in [0.25, 0.3) is 0 Å². The number of nitrogens with one attached hydrogen (secondary N) is 1. The molecule has 0 radical (unpaired) electrons. The van der Waals surface area contributed by atoms with Gasteiger partial charge in [-0.1, -0.05) is 13.8 Å². The largest absolute Gasteiger partial charge is 0.449 e. The Kier molecular flexibility index (Phi) is 4.35. The number of amides is 1. The van der Waals surface area contributed by atoms with Gasteiger partial charge in [0.2, 0.25) is 0 Å². The van der Waals surface area contributed by atoms with Crippen LogP contribution in [0.15, 0.2) is 12.1 Å². The molecule has 1 amide bonds.